The van der Waals surface area contributed by atoms with Gasteiger partial charge in [-0.15, -0.1) is 0 Å². The van der Waals surface area contributed by atoms with Gasteiger partial charge in [-0.3, -0.25) is 9.59 Å². The van der Waals surface area contributed by atoms with Crippen LogP contribution in [-0.4, -0.2) is 40.3 Å². The number of ether oxygens (including phenoxy) is 1. The predicted octanol–water partition coefficient (Wildman–Crippen LogP) is 3.97. The first-order valence-corrected chi connectivity index (χ1v) is 11.6. The SMILES string of the molecule is COc1cccc(CNC(=O)c2cnc([C@H]3CCCCN3C(=O)C3CCCC3)nc2C)c1. The summed E-state index contributed by atoms with van der Waals surface area (Å²) >= 11 is 0. The summed E-state index contributed by atoms with van der Waals surface area (Å²) in [7, 11) is 1.62. The van der Waals surface area contributed by atoms with E-state index in [0.29, 0.717) is 23.6 Å². The number of methoxy groups -OCH3 is 1. The molecule has 1 aromatic carbocycles. The second-order valence-electron chi connectivity index (χ2n) is 8.79. The zero-order chi connectivity index (χ0) is 22.5. The van der Waals surface area contributed by atoms with Crippen molar-refractivity contribution >= 4 is 11.8 Å². The first-order valence-electron chi connectivity index (χ1n) is 11.6. The smallest absolute Gasteiger partial charge is 0.254 e. The molecule has 7 nitrogen and oxygen atoms in total. The number of nitrogens with zero attached hydrogens (tertiary/aromatic N) is 3. The van der Waals surface area contributed by atoms with E-state index in [1.165, 1.54) is 0 Å². The van der Waals surface area contributed by atoms with Crippen LogP contribution >= 0.6 is 0 Å². The van der Waals surface area contributed by atoms with E-state index in [9.17, 15) is 9.59 Å². The van der Waals surface area contributed by atoms with Crippen LogP contribution in [0.15, 0.2) is 30.5 Å². The Morgan fingerprint density at radius 1 is 1.16 bits per heavy atom. The number of amides is 2. The maximum absolute atomic E-state index is 13.1. The second-order valence-corrected chi connectivity index (χ2v) is 8.79. The van der Waals surface area contributed by atoms with Gasteiger partial charge in [0.2, 0.25) is 5.91 Å². The molecule has 0 spiro atoms. The molecule has 1 aromatic heterocycles. The fraction of sp³-hybridized carbons (Fsp3) is 0.520. The van der Waals surface area contributed by atoms with Gasteiger partial charge in [-0.05, 0) is 56.7 Å². The number of hydrogen-bond donors (Lipinski definition) is 1. The van der Waals surface area contributed by atoms with Crippen molar-refractivity contribution in [1.82, 2.24) is 20.2 Å². The third-order valence-electron chi connectivity index (χ3n) is 6.62. The van der Waals surface area contributed by atoms with Crippen molar-refractivity contribution in [2.24, 2.45) is 5.92 Å². The van der Waals surface area contributed by atoms with Crippen molar-refractivity contribution in [2.45, 2.75) is 64.5 Å². The van der Waals surface area contributed by atoms with E-state index in [1.807, 2.05) is 36.1 Å². The minimum atomic E-state index is -0.209. The predicted molar refractivity (Wildman–Crippen MR) is 121 cm³/mol. The zero-order valence-electron chi connectivity index (χ0n) is 19.0. The largest absolute Gasteiger partial charge is 0.497 e. The molecule has 2 amide bonds. The minimum Gasteiger partial charge on any atom is -0.497 e. The van der Waals surface area contributed by atoms with Crippen molar-refractivity contribution in [3.63, 3.8) is 0 Å². The Bertz CT molecular complexity index is 971. The van der Waals surface area contributed by atoms with Gasteiger partial charge < -0.3 is 15.0 Å². The molecule has 0 bridgehead atoms. The van der Waals surface area contributed by atoms with Crippen LogP contribution in [0.5, 0.6) is 5.75 Å². The Balaban J connectivity index is 1.45. The first-order chi connectivity index (χ1) is 15.6. The van der Waals surface area contributed by atoms with Gasteiger partial charge in [-0.1, -0.05) is 25.0 Å². The van der Waals surface area contributed by atoms with Crippen molar-refractivity contribution < 1.29 is 14.3 Å². The summed E-state index contributed by atoms with van der Waals surface area (Å²) in [6.07, 6.45) is 8.84. The summed E-state index contributed by atoms with van der Waals surface area (Å²) in [5, 5.41) is 2.93. The van der Waals surface area contributed by atoms with Crippen LogP contribution in [0.2, 0.25) is 0 Å². The number of rotatable bonds is 6. The number of benzene rings is 1. The average molecular weight is 437 g/mol. The van der Waals surface area contributed by atoms with Crippen LogP contribution in [0, 0.1) is 12.8 Å². The molecule has 1 aliphatic heterocycles. The molecule has 1 saturated carbocycles. The summed E-state index contributed by atoms with van der Waals surface area (Å²) in [5.41, 5.74) is 2.05. The minimum absolute atomic E-state index is 0.0931. The van der Waals surface area contributed by atoms with Gasteiger partial charge in [0.25, 0.3) is 5.91 Å². The van der Waals surface area contributed by atoms with Crippen molar-refractivity contribution in [3.05, 3.63) is 53.1 Å². The molecule has 2 aromatic rings. The third-order valence-corrected chi connectivity index (χ3v) is 6.62. The molecular formula is C25H32N4O3. The van der Waals surface area contributed by atoms with E-state index in [2.05, 4.69) is 15.3 Å². The Morgan fingerprint density at radius 3 is 2.69 bits per heavy atom. The molecule has 1 N–H and O–H groups in total. The third kappa shape index (κ3) is 4.92. The van der Waals surface area contributed by atoms with Crippen molar-refractivity contribution in [2.75, 3.05) is 13.7 Å². The van der Waals surface area contributed by atoms with Gasteiger partial charge in [0.15, 0.2) is 5.82 Å². The fourth-order valence-corrected chi connectivity index (χ4v) is 4.80. The molecule has 4 rings (SSSR count). The normalized spacial score (nSPS) is 19.1. The van der Waals surface area contributed by atoms with Crippen LogP contribution in [0.4, 0.5) is 0 Å². The summed E-state index contributed by atoms with van der Waals surface area (Å²) in [6.45, 7) is 2.99. The summed E-state index contributed by atoms with van der Waals surface area (Å²) in [4.78, 5) is 37.1. The van der Waals surface area contributed by atoms with Gasteiger partial charge in [-0.25, -0.2) is 9.97 Å². The summed E-state index contributed by atoms with van der Waals surface area (Å²) < 4.78 is 5.23. The van der Waals surface area contributed by atoms with E-state index < -0.39 is 0 Å². The number of aromatic nitrogens is 2. The lowest BCUT2D eigenvalue weighted by atomic mass is 9.97. The highest BCUT2D eigenvalue weighted by molar-refractivity contribution is 5.94. The molecule has 170 valence electrons. The van der Waals surface area contributed by atoms with Crippen LogP contribution in [0.3, 0.4) is 0 Å². The van der Waals surface area contributed by atoms with Gasteiger partial charge in [0, 0.05) is 25.2 Å². The van der Waals surface area contributed by atoms with E-state index in [4.69, 9.17) is 4.74 Å². The van der Waals surface area contributed by atoms with E-state index in [-0.39, 0.29) is 23.8 Å². The summed E-state index contributed by atoms with van der Waals surface area (Å²) in [6, 6.07) is 7.50. The number of nitrogens with one attached hydrogen (secondary N) is 1. The number of hydrogen-bond acceptors (Lipinski definition) is 5. The lowest BCUT2D eigenvalue weighted by Crippen LogP contribution is -2.42. The number of aryl methyl sites for hydroxylation is 1. The fourth-order valence-electron chi connectivity index (χ4n) is 4.80. The maximum Gasteiger partial charge on any atom is 0.254 e. The molecule has 2 aliphatic rings. The monoisotopic (exact) mass is 436 g/mol. The van der Waals surface area contributed by atoms with Gasteiger partial charge >= 0.3 is 0 Å². The number of carbonyl (C=O) groups excluding carboxylic acids is 2. The highest BCUT2D eigenvalue weighted by Crippen LogP contribution is 2.34. The standard InChI is InChI=1S/C25H32N4O3/c1-17-21(24(30)27-15-18-8-7-11-20(14-18)32-2)16-26-23(28-17)22-12-5-6-13-29(22)25(31)19-9-3-4-10-19/h7-8,11,14,16,19,22H,3-6,9-10,12-13,15H2,1-2H3,(H,27,30)/t22-/m1/s1. The molecule has 1 aliphatic carbocycles. The molecular weight excluding hydrogens is 404 g/mol. The van der Waals surface area contributed by atoms with Gasteiger partial charge in [0.1, 0.15) is 5.75 Å². The second kappa shape index (κ2) is 10.1. The van der Waals surface area contributed by atoms with Crippen LogP contribution < -0.4 is 10.1 Å². The Hall–Kier alpha value is -2.96. The lowest BCUT2D eigenvalue weighted by molar-refractivity contribution is -0.139. The number of piperidine rings is 1. The highest BCUT2D eigenvalue weighted by Gasteiger charge is 2.35. The Kier molecular flexibility index (Phi) is 7.02. The first kappa shape index (κ1) is 22.2. The van der Waals surface area contributed by atoms with E-state index in [1.54, 1.807) is 13.3 Å². The number of likely N-dealkylation sites (tertiary alicyclic amines) is 1. The van der Waals surface area contributed by atoms with E-state index in [0.717, 1.165) is 62.8 Å². The molecule has 2 heterocycles. The quantitative estimate of drug-likeness (QED) is 0.741. The van der Waals surface area contributed by atoms with Gasteiger partial charge in [-0.2, -0.15) is 0 Å². The number of carbonyl (C=O) groups is 2. The van der Waals surface area contributed by atoms with Crippen LogP contribution in [0.25, 0.3) is 0 Å². The molecule has 32 heavy (non-hydrogen) atoms. The van der Waals surface area contributed by atoms with E-state index >= 15 is 0 Å². The zero-order valence-corrected chi connectivity index (χ0v) is 19.0. The molecule has 1 saturated heterocycles. The van der Waals surface area contributed by atoms with Crippen LogP contribution in [0.1, 0.15) is 78.4 Å². The lowest BCUT2D eigenvalue weighted by Gasteiger charge is -2.36. The molecule has 1 atom stereocenters. The van der Waals surface area contributed by atoms with Crippen LogP contribution in [-0.2, 0) is 11.3 Å². The molecule has 2 fully saturated rings. The molecule has 0 radical (unpaired) electrons. The van der Waals surface area contributed by atoms with Crippen molar-refractivity contribution in [1.29, 1.82) is 0 Å². The highest BCUT2D eigenvalue weighted by atomic mass is 16.5. The Labute approximate surface area is 189 Å². The molecule has 0 unspecified atom stereocenters. The molecule has 7 heteroatoms. The summed E-state index contributed by atoms with van der Waals surface area (Å²) in [5.74, 6) is 1.61. The van der Waals surface area contributed by atoms with Gasteiger partial charge in [0.05, 0.1) is 24.4 Å². The average Bonchev–Trinajstić information content (AvgIpc) is 3.37. The maximum atomic E-state index is 13.1. The Morgan fingerprint density at radius 2 is 1.94 bits per heavy atom. The van der Waals surface area contributed by atoms with Crippen molar-refractivity contribution in [3.8, 4) is 5.75 Å². The topological polar surface area (TPSA) is 84.4 Å².